The minimum Gasteiger partial charge on any atom is -0.356 e. The molecule has 1 aromatic rings. The van der Waals surface area contributed by atoms with Crippen molar-refractivity contribution in [3.8, 4) is 0 Å². The number of hydrogen-bond donors (Lipinski definition) is 2. The van der Waals surface area contributed by atoms with Gasteiger partial charge in [0, 0.05) is 40.0 Å². The number of hydrogen-bond acceptors (Lipinski definition) is 2. The molecule has 1 rings (SSSR count). The number of carbonyl (C=O) groups excluding carboxylic acids is 1. The van der Waals surface area contributed by atoms with E-state index in [0.717, 1.165) is 10.9 Å². The molecule has 0 aliphatic heterocycles. The molecule has 1 amide bonds. The zero-order valence-electron chi connectivity index (χ0n) is 8.38. The molecule has 1 aromatic heterocycles. The highest BCUT2D eigenvalue weighted by molar-refractivity contribution is 9.10. The summed E-state index contributed by atoms with van der Waals surface area (Å²) in [4.78, 5) is 14.3. The molecule has 0 aliphatic carbocycles. The maximum atomic E-state index is 11.5. The van der Waals surface area contributed by atoms with Crippen LogP contribution in [0.25, 0.3) is 0 Å². The monoisotopic (exact) mass is 292 g/mol. The van der Waals surface area contributed by atoms with Gasteiger partial charge in [0.25, 0.3) is 5.91 Å². The van der Waals surface area contributed by atoms with Gasteiger partial charge in [-0.3, -0.25) is 9.00 Å². The van der Waals surface area contributed by atoms with Gasteiger partial charge in [-0.15, -0.1) is 0 Å². The molecule has 15 heavy (non-hydrogen) atoms. The Kier molecular flexibility index (Phi) is 5.04. The molecule has 4 nitrogen and oxygen atoms in total. The second-order valence-electron chi connectivity index (χ2n) is 3.12. The topological polar surface area (TPSA) is 62.0 Å². The van der Waals surface area contributed by atoms with Gasteiger partial charge in [-0.25, -0.2) is 0 Å². The van der Waals surface area contributed by atoms with E-state index in [4.69, 9.17) is 0 Å². The first-order valence-corrected chi connectivity index (χ1v) is 7.04. The molecular formula is C9H13BrN2O2S. The normalized spacial score (nSPS) is 12.4. The van der Waals surface area contributed by atoms with Crippen LogP contribution in [-0.2, 0) is 10.8 Å². The lowest BCUT2D eigenvalue weighted by Gasteiger charge is -2.02. The largest absolute Gasteiger partial charge is 0.356 e. The van der Waals surface area contributed by atoms with E-state index in [-0.39, 0.29) is 5.91 Å². The van der Waals surface area contributed by atoms with Crippen LogP contribution in [0.15, 0.2) is 16.7 Å². The number of amides is 1. The van der Waals surface area contributed by atoms with E-state index in [1.54, 1.807) is 18.5 Å². The van der Waals surface area contributed by atoms with Crippen LogP contribution in [0.4, 0.5) is 0 Å². The number of carbonyl (C=O) groups is 1. The molecule has 1 unspecified atom stereocenters. The van der Waals surface area contributed by atoms with Gasteiger partial charge in [-0.05, 0) is 28.4 Å². The molecule has 1 atom stereocenters. The van der Waals surface area contributed by atoms with E-state index < -0.39 is 10.8 Å². The van der Waals surface area contributed by atoms with Gasteiger partial charge in [0.1, 0.15) is 5.69 Å². The summed E-state index contributed by atoms with van der Waals surface area (Å²) in [6, 6.07) is 1.72. The summed E-state index contributed by atoms with van der Waals surface area (Å²) in [5.41, 5.74) is 0.527. The summed E-state index contributed by atoms with van der Waals surface area (Å²) in [6.07, 6.45) is 4.09. The fourth-order valence-electron chi connectivity index (χ4n) is 1.07. The summed E-state index contributed by atoms with van der Waals surface area (Å²) in [6.45, 7) is 0.551. The van der Waals surface area contributed by atoms with Crippen molar-refractivity contribution < 1.29 is 9.00 Å². The van der Waals surface area contributed by atoms with Crippen molar-refractivity contribution in [3.63, 3.8) is 0 Å². The van der Waals surface area contributed by atoms with Crippen molar-refractivity contribution >= 4 is 32.6 Å². The predicted molar refractivity (Wildman–Crippen MR) is 64.4 cm³/mol. The van der Waals surface area contributed by atoms with E-state index >= 15 is 0 Å². The first-order valence-electron chi connectivity index (χ1n) is 4.51. The fourth-order valence-corrected chi connectivity index (χ4v) is 1.97. The van der Waals surface area contributed by atoms with Gasteiger partial charge in [0.2, 0.25) is 0 Å². The molecule has 1 heterocycles. The molecule has 0 aliphatic rings. The Morgan fingerprint density at radius 2 is 2.40 bits per heavy atom. The van der Waals surface area contributed by atoms with Crippen molar-refractivity contribution in [3.05, 3.63) is 22.4 Å². The van der Waals surface area contributed by atoms with Crippen molar-refractivity contribution in [2.75, 3.05) is 18.6 Å². The molecule has 0 bridgehead atoms. The average molecular weight is 293 g/mol. The van der Waals surface area contributed by atoms with Gasteiger partial charge < -0.3 is 10.3 Å². The zero-order valence-corrected chi connectivity index (χ0v) is 10.8. The summed E-state index contributed by atoms with van der Waals surface area (Å²) in [5, 5.41) is 2.74. The highest BCUT2D eigenvalue weighted by Crippen LogP contribution is 2.10. The Balaban J connectivity index is 2.28. The standard InChI is InChI=1S/C9H13BrN2O2S/c1-15(14)4-2-3-11-9(13)8-5-7(10)6-12-8/h5-6,12H,2-4H2,1H3,(H,11,13). The van der Waals surface area contributed by atoms with E-state index in [2.05, 4.69) is 26.2 Å². The van der Waals surface area contributed by atoms with Crippen molar-refractivity contribution in [1.82, 2.24) is 10.3 Å². The van der Waals surface area contributed by atoms with Crippen LogP contribution in [0.5, 0.6) is 0 Å². The first-order chi connectivity index (χ1) is 7.09. The number of halogens is 1. The average Bonchev–Trinajstić information content (AvgIpc) is 2.59. The van der Waals surface area contributed by atoms with Crippen molar-refractivity contribution in [2.24, 2.45) is 0 Å². The Morgan fingerprint density at radius 3 is 2.93 bits per heavy atom. The maximum Gasteiger partial charge on any atom is 0.267 e. The number of nitrogens with one attached hydrogen (secondary N) is 2. The van der Waals surface area contributed by atoms with E-state index in [9.17, 15) is 9.00 Å². The van der Waals surface area contributed by atoms with Gasteiger partial charge in [0.15, 0.2) is 0 Å². The quantitative estimate of drug-likeness (QED) is 0.803. The zero-order chi connectivity index (χ0) is 11.3. The summed E-state index contributed by atoms with van der Waals surface area (Å²) in [7, 11) is -0.787. The fraction of sp³-hybridized carbons (Fsp3) is 0.444. The lowest BCUT2D eigenvalue weighted by molar-refractivity contribution is 0.0949. The number of aromatic amines is 1. The van der Waals surface area contributed by atoms with E-state index in [1.165, 1.54) is 0 Å². The third-order valence-electron chi connectivity index (χ3n) is 1.79. The molecule has 0 aromatic carbocycles. The van der Waals surface area contributed by atoms with Crippen LogP contribution < -0.4 is 5.32 Å². The molecule has 0 radical (unpaired) electrons. The second kappa shape index (κ2) is 6.07. The molecule has 84 valence electrons. The third kappa shape index (κ3) is 4.61. The molecule has 6 heteroatoms. The smallest absolute Gasteiger partial charge is 0.267 e. The first kappa shape index (κ1) is 12.4. The van der Waals surface area contributed by atoms with Crippen LogP contribution in [-0.4, -0.2) is 33.7 Å². The minimum absolute atomic E-state index is 0.136. The van der Waals surface area contributed by atoms with E-state index in [1.807, 2.05) is 0 Å². The lowest BCUT2D eigenvalue weighted by Crippen LogP contribution is -2.25. The Morgan fingerprint density at radius 1 is 1.67 bits per heavy atom. The van der Waals surface area contributed by atoms with Crippen LogP contribution in [0, 0.1) is 0 Å². The second-order valence-corrected chi connectivity index (χ2v) is 5.59. The van der Waals surface area contributed by atoms with Crippen LogP contribution in [0.1, 0.15) is 16.9 Å². The summed E-state index contributed by atoms with van der Waals surface area (Å²) < 4.78 is 11.6. The molecule has 0 spiro atoms. The van der Waals surface area contributed by atoms with E-state index in [0.29, 0.717) is 18.0 Å². The summed E-state index contributed by atoms with van der Waals surface area (Å²) >= 11 is 3.25. The Labute approximate surface area is 99.4 Å². The van der Waals surface area contributed by atoms with Gasteiger partial charge in [-0.2, -0.15) is 0 Å². The number of rotatable bonds is 5. The Bertz CT molecular complexity index is 365. The molecule has 2 N–H and O–H groups in total. The van der Waals surface area contributed by atoms with Gasteiger partial charge in [0.05, 0.1) is 0 Å². The maximum absolute atomic E-state index is 11.5. The van der Waals surface area contributed by atoms with Gasteiger partial charge in [-0.1, -0.05) is 0 Å². The number of H-pyrrole nitrogens is 1. The van der Waals surface area contributed by atoms with Crippen LogP contribution >= 0.6 is 15.9 Å². The Hall–Kier alpha value is -0.620. The third-order valence-corrected chi connectivity index (χ3v) is 3.11. The highest BCUT2D eigenvalue weighted by Gasteiger charge is 2.06. The SMILES string of the molecule is CS(=O)CCCNC(=O)c1cc(Br)c[nH]1. The summed E-state index contributed by atoms with van der Waals surface area (Å²) in [5.74, 6) is 0.483. The molecular weight excluding hydrogens is 280 g/mol. The van der Waals surface area contributed by atoms with Gasteiger partial charge >= 0.3 is 0 Å². The molecule has 0 saturated heterocycles. The lowest BCUT2D eigenvalue weighted by atomic mass is 10.4. The predicted octanol–water partition coefficient (Wildman–Crippen LogP) is 1.28. The van der Waals surface area contributed by atoms with Crippen molar-refractivity contribution in [1.29, 1.82) is 0 Å². The van der Waals surface area contributed by atoms with Crippen molar-refractivity contribution in [2.45, 2.75) is 6.42 Å². The minimum atomic E-state index is -0.787. The number of aromatic nitrogens is 1. The molecule has 0 fully saturated rings. The highest BCUT2D eigenvalue weighted by atomic mass is 79.9. The van der Waals surface area contributed by atoms with Crippen LogP contribution in [0.2, 0.25) is 0 Å². The molecule has 0 saturated carbocycles. The van der Waals surface area contributed by atoms with Crippen LogP contribution in [0.3, 0.4) is 0 Å².